The summed E-state index contributed by atoms with van der Waals surface area (Å²) >= 11 is 0. The van der Waals surface area contributed by atoms with Crippen LogP contribution in [0, 0.1) is 6.92 Å². The summed E-state index contributed by atoms with van der Waals surface area (Å²) in [7, 11) is 0. The zero-order valence-electron chi connectivity index (χ0n) is 15.2. The van der Waals surface area contributed by atoms with Gasteiger partial charge in [-0.05, 0) is 35.4 Å². The molecular formula is C23H24N2O. The van der Waals surface area contributed by atoms with Gasteiger partial charge in [-0.2, -0.15) is 0 Å². The minimum absolute atomic E-state index is 0.144. The highest BCUT2D eigenvalue weighted by molar-refractivity contribution is 5.98. The van der Waals surface area contributed by atoms with Crippen molar-refractivity contribution in [1.29, 1.82) is 0 Å². The van der Waals surface area contributed by atoms with Gasteiger partial charge in [0.1, 0.15) is 0 Å². The number of aryl methyl sites for hydroxylation is 1. The molecule has 1 amide bonds. The van der Waals surface area contributed by atoms with Gasteiger partial charge in [0.25, 0.3) is 5.91 Å². The summed E-state index contributed by atoms with van der Waals surface area (Å²) < 4.78 is 0. The van der Waals surface area contributed by atoms with E-state index in [0.717, 1.165) is 43.7 Å². The second kappa shape index (κ2) is 7.30. The van der Waals surface area contributed by atoms with Crippen LogP contribution in [0.2, 0.25) is 0 Å². The molecule has 0 aliphatic carbocycles. The van der Waals surface area contributed by atoms with E-state index in [1.807, 2.05) is 35.2 Å². The smallest absolute Gasteiger partial charge is 0.253 e. The molecule has 3 aromatic rings. The van der Waals surface area contributed by atoms with Crippen molar-refractivity contribution in [1.82, 2.24) is 9.80 Å². The Morgan fingerprint density at radius 3 is 2.38 bits per heavy atom. The molecule has 0 bridgehead atoms. The van der Waals surface area contributed by atoms with Crippen LogP contribution in [0.25, 0.3) is 10.8 Å². The van der Waals surface area contributed by atoms with Gasteiger partial charge in [-0.15, -0.1) is 0 Å². The lowest BCUT2D eigenvalue weighted by molar-refractivity contribution is 0.0628. The first-order valence-corrected chi connectivity index (χ1v) is 9.25. The Bertz CT molecular complexity index is 926. The number of carbonyl (C=O) groups is 1. The van der Waals surface area contributed by atoms with Crippen molar-refractivity contribution in [3.63, 3.8) is 0 Å². The monoisotopic (exact) mass is 344 g/mol. The molecule has 3 nitrogen and oxygen atoms in total. The second-order valence-electron chi connectivity index (χ2n) is 7.12. The molecule has 1 heterocycles. The first kappa shape index (κ1) is 16.8. The highest BCUT2D eigenvalue weighted by Gasteiger charge is 2.22. The van der Waals surface area contributed by atoms with Gasteiger partial charge in [-0.3, -0.25) is 9.69 Å². The SMILES string of the molecule is Cc1cccc(CN2CCN(C(=O)c3ccc4ccccc4c3)CC2)c1. The largest absolute Gasteiger partial charge is 0.336 e. The third kappa shape index (κ3) is 3.63. The Kier molecular flexibility index (Phi) is 4.72. The van der Waals surface area contributed by atoms with Crippen LogP contribution in [0.3, 0.4) is 0 Å². The Morgan fingerprint density at radius 2 is 1.62 bits per heavy atom. The molecule has 0 N–H and O–H groups in total. The van der Waals surface area contributed by atoms with E-state index in [-0.39, 0.29) is 5.91 Å². The summed E-state index contributed by atoms with van der Waals surface area (Å²) in [6.07, 6.45) is 0. The number of benzene rings is 3. The molecule has 0 saturated carbocycles. The van der Waals surface area contributed by atoms with Crippen LogP contribution in [0.15, 0.2) is 66.7 Å². The Balaban J connectivity index is 1.39. The summed E-state index contributed by atoms with van der Waals surface area (Å²) in [5.74, 6) is 0.144. The molecule has 132 valence electrons. The number of nitrogens with zero attached hydrogens (tertiary/aromatic N) is 2. The van der Waals surface area contributed by atoms with Crippen molar-refractivity contribution in [3.05, 3.63) is 83.4 Å². The molecule has 4 rings (SSSR count). The van der Waals surface area contributed by atoms with Crippen molar-refractivity contribution >= 4 is 16.7 Å². The maximum absolute atomic E-state index is 12.9. The van der Waals surface area contributed by atoms with E-state index in [1.165, 1.54) is 16.5 Å². The van der Waals surface area contributed by atoms with Gasteiger partial charge in [0, 0.05) is 38.3 Å². The molecule has 1 aliphatic heterocycles. The van der Waals surface area contributed by atoms with Crippen LogP contribution in [0.1, 0.15) is 21.5 Å². The number of hydrogen-bond acceptors (Lipinski definition) is 2. The van der Waals surface area contributed by atoms with Gasteiger partial charge < -0.3 is 4.90 Å². The minimum Gasteiger partial charge on any atom is -0.336 e. The lowest BCUT2D eigenvalue weighted by Crippen LogP contribution is -2.48. The van der Waals surface area contributed by atoms with Crippen LogP contribution in [0.5, 0.6) is 0 Å². The molecule has 3 heteroatoms. The third-order valence-electron chi connectivity index (χ3n) is 5.14. The van der Waals surface area contributed by atoms with Crippen LogP contribution < -0.4 is 0 Å². The summed E-state index contributed by atoms with van der Waals surface area (Å²) in [5.41, 5.74) is 3.43. The summed E-state index contributed by atoms with van der Waals surface area (Å²) in [5, 5.41) is 2.29. The molecule has 0 atom stereocenters. The lowest BCUT2D eigenvalue weighted by Gasteiger charge is -2.35. The van der Waals surface area contributed by atoms with Gasteiger partial charge >= 0.3 is 0 Å². The molecule has 3 aromatic carbocycles. The fraction of sp³-hybridized carbons (Fsp3) is 0.261. The van der Waals surface area contributed by atoms with Gasteiger partial charge in [0.2, 0.25) is 0 Å². The van der Waals surface area contributed by atoms with E-state index in [4.69, 9.17) is 0 Å². The maximum atomic E-state index is 12.9. The molecule has 0 unspecified atom stereocenters. The first-order valence-electron chi connectivity index (χ1n) is 9.25. The van der Waals surface area contributed by atoms with Crippen molar-refractivity contribution in [2.24, 2.45) is 0 Å². The highest BCUT2D eigenvalue weighted by Crippen LogP contribution is 2.18. The third-order valence-corrected chi connectivity index (χ3v) is 5.14. The summed E-state index contributed by atoms with van der Waals surface area (Å²) in [6.45, 7) is 6.51. The predicted octanol–water partition coefficient (Wildman–Crippen LogP) is 4.11. The van der Waals surface area contributed by atoms with E-state index >= 15 is 0 Å². The zero-order valence-corrected chi connectivity index (χ0v) is 15.2. The number of hydrogen-bond donors (Lipinski definition) is 0. The Labute approximate surface area is 154 Å². The van der Waals surface area contributed by atoms with E-state index in [0.29, 0.717) is 0 Å². The quantitative estimate of drug-likeness (QED) is 0.714. The van der Waals surface area contributed by atoms with Crippen molar-refractivity contribution in [2.75, 3.05) is 26.2 Å². The van der Waals surface area contributed by atoms with Crippen molar-refractivity contribution < 1.29 is 4.79 Å². The summed E-state index contributed by atoms with van der Waals surface area (Å²) in [6, 6.07) is 22.8. The van der Waals surface area contributed by atoms with Gasteiger partial charge in [0.05, 0.1) is 0 Å². The Hall–Kier alpha value is -2.65. The lowest BCUT2D eigenvalue weighted by atomic mass is 10.1. The number of fused-ring (bicyclic) bond motifs is 1. The van der Waals surface area contributed by atoms with E-state index in [1.54, 1.807) is 0 Å². The zero-order chi connectivity index (χ0) is 17.9. The highest BCUT2D eigenvalue weighted by atomic mass is 16.2. The minimum atomic E-state index is 0.144. The molecule has 1 aliphatic rings. The molecule has 0 aromatic heterocycles. The van der Waals surface area contributed by atoms with Crippen molar-refractivity contribution in [2.45, 2.75) is 13.5 Å². The average molecular weight is 344 g/mol. The van der Waals surface area contributed by atoms with E-state index in [2.05, 4.69) is 48.2 Å². The predicted molar refractivity (Wildman–Crippen MR) is 106 cm³/mol. The van der Waals surface area contributed by atoms with Gasteiger partial charge in [-0.1, -0.05) is 60.2 Å². The molecule has 0 spiro atoms. The van der Waals surface area contributed by atoms with Crippen LogP contribution >= 0.6 is 0 Å². The van der Waals surface area contributed by atoms with Gasteiger partial charge in [0.15, 0.2) is 0 Å². The molecule has 1 fully saturated rings. The standard InChI is InChI=1S/C23H24N2O/c1-18-5-4-6-19(15-18)17-24-11-13-25(14-12-24)23(26)22-10-9-20-7-2-3-8-21(20)16-22/h2-10,15-16H,11-14,17H2,1H3. The fourth-order valence-electron chi connectivity index (χ4n) is 3.68. The fourth-order valence-corrected chi connectivity index (χ4v) is 3.68. The number of rotatable bonds is 3. The molecule has 1 saturated heterocycles. The van der Waals surface area contributed by atoms with Crippen LogP contribution in [-0.2, 0) is 6.54 Å². The number of amides is 1. The van der Waals surface area contributed by atoms with Crippen LogP contribution in [0.4, 0.5) is 0 Å². The number of piperazine rings is 1. The Morgan fingerprint density at radius 1 is 0.846 bits per heavy atom. The molecular weight excluding hydrogens is 320 g/mol. The van der Waals surface area contributed by atoms with Crippen molar-refractivity contribution in [3.8, 4) is 0 Å². The average Bonchev–Trinajstić information content (AvgIpc) is 2.68. The van der Waals surface area contributed by atoms with E-state index < -0.39 is 0 Å². The van der Waals surface area contributed by atoms with Gasteiger partial charge in [-0.25, -0.2) is 0 Å². The normalized spacial score (nSPS) is 15.3. The second-order valence-corrected chi connectivity index (χ2v) is 7.12. The van der Waals surface area contributed by atoms with Crippen LogP contribution in [-0.4, -0.2) is 41.9 Å². The maximum Gasteiger partial charge on any atom is 0.253 e. The molecule has 0 radical (unpaired) electrons. The first-order chi connectivity index (χ1) is 12.7. The molecule has 26 heavy (non-hydrogen) atoms. The topological polar surface area (TPSA) is 23.6 Å². The summed E-state index contributed by atoms with van der Waals surface area (Å²) in [4.78, 5) is 17.3. The number of carbonyl (C=O) groups excluding carboxylic acids is 1. The van der Waals surface area contributed by atoms with E-state index in [9.17, 15) is 4.79 Å².